The number of hydrogen-bond acceptors (Lipinski definition) is 8. The predicted molar refractivity (Wildman–Crippen MR) is 94.0 cm³/mol. The standard InChI is InChI=1S/C16H21N5O2S/c1-4-23-15(22)14-11(2)18-16(24-14)21-9-7-20(8-10-21)13-5-6-17-12(3)19-13/h5-6H,4,7-10H2,1-3H3. The highest BCUT2D eigenvalue weighted by atomic mass is 32.1. The van der Waals surface area contributed by atoms with Gasteiger partial charge in [0.2, 0.25) is 0 Å². The van der Waals surface area contributed by atoms with Crippen molar-refractivity contribution in [2.45, 2.75) is 20.8 Å². The van der Waals surface area contributed by atoms with Crippen molar-refractivity contribution in [3.8, 4) is 0 Å². The summed E-state index contributed by atoms with van der Waals surface area (Å²) in [6.45, 7) is 9.36. The van der Waals surface area contributed by atoms with Crippen LogP contribution in [0.2, 0.25) is 0 Å². The van der Waals surface area contributed by atoms with E-state index in [0.29, 0.717) is 11.5 Å². The molecule has 0 saturated carbocycles. The van der Waals surface area contributed by atoms with E-state index in [9.17, 15) is 4.79 Å². The van der Waals surface area contributed by atoms with Crippen molar-refractivity contribution < 1.29 is 9.53 Å². The minimum atomic E-state index is -0.283. The number of esters is 1. The Hall–Kier alpha value is -2.22. The maximum absolute atomic E-state index is 11.9. The molecule has 1 saturated heterocycles. The highest BCUT2D eigenvalue weighted by molar-refractivity contribution is 7.17. The molecular formula is C16H21N5O2S. The number of aromatic nitrogens is 3. The van der Waals surface area contributed by atoms with E-state index in [1.54, 1.807) is 6.20 Å². The molecule has 0 amide bonds. The Balaban J connectivity index is 1.67. The second-order valence-corrected chi connectivity index (χ2v) is 6.55. The molecule has 128 valence electrons. The van der Waals surface area contributed by atoms with E-state index in [1.165, 1.54) is 11.3 Å². The van der Waals surface area contributed by atoms with Crippen LogP contribution in [-0.2, 0) is 4.74 Å². The number of carbonyl (C=O) groups is 1. The average molecular weight is 347 g/mol. The average Bonchev–Trinajstić information content (AvgIpc) is 2.97. The Bertz CT molecular complexity index is 725. The van der Waals surface area contributed by atoms with Crippen LogP contribution in [0.1, 0.15) is 28.1 Å². The smallest absolute Gasteiger partial charge is 0.350 e. The zero-order valence-corrected chi connectivity index (χ0v) is 15.0. The van der Waals surface area contributed by atoms with Crippen LogP contribution >= 0.6 is 11.3 Å². The van der Waals surface area contributed by atoms with Crippen molar-refractivity contribution in [3.05, 3.63) is 28.7 Å². The molecule has 8 heteroatoms. The lowest BCUT2D eigenvalue weighted by Crippen LogP contribution is -2.46. The molecular weight excluding hydrogens is 326 g/mol. The van der Waals surface area contributed by atoms with Gasteiger partial charge in [0.25, 0.3) is 0 Å². The molecule has 1 aliphatic rings. The first kappa shape index (κ1) is 16.6. The number of piperazine rings is 1. The van der Waals surface area contributed by atoms with Gasteiger partial charge in [0.15, 0.2) is 5.13 Å². The lowest BCUT2D eigenvalue weighted by molar-refractivity contribution is 0.0531. The van der Waals surface area contributed by atoms with Crippen LogP contribution in [0.4, 0.5) is 10.9 Å². The number of nitrogens with zero attached hydrogens (tertiary/aromatic N) is 5. The van der Waals surface area contributed by atoms with Gasteiger partial charge in [0, 0.05) is 32.4 Å². The summed E-state index contributed by atoms with van der Waals surface area (Å²) in [6.07, 6.45) is 1.79. The van der Waals surface area contributed by atoms with Crippen molar-refractivity contribution in [2.75, 3.05) is 42.6 Å². The molecule has 2 aromatic rings. The van der Waals surface area contributed by atoms with E-state index in [4.69, 9.17) is 4.74 Å². The van der Waals surface area contributed by atoms with E-state index < -0.39 is 0 Å². The predicted octanol–water partition coefficient (Wildman–Crippen LogP) is 2.05. The molecule has 24 heavy (non-hydrogen) atoms. The Labute approximate surface area is 145 Å². The van der Waals surface area contributed by atoms with Gasteiger partial charge in [-0.05, 0) is 26.8 Å². The summed E-state index contributed by atoms with van der Waals surface area (Å²) in [5, 5.41) is 0.883. The van der Waals surface area contributed by atoms with Crippen molar-refractivity contribution in [1.82, 2.24) is 15.0 Å². The lowest BCUT2D eigenvalue weighted by Gasteiger charge is -2.35. The fourth-order valence-corrected chi connectivity index (χ4v) is 3.66. The molecule has 0 spiro atoms. The third-order valence-corrected chi connectivity index (χ3v) is 5.08. The van der Waals surface area contributed by atoms with Gasteiger partial charge in [-0.15, -0.1) is 0 Å². The number of ether oxygens (including phenoxy) is 1. The van der Waals surface area contributed by atoms with Gasteiger partial charge >= 0.3 is 5.97 Å². The van der Waals surface area contributed by atoms with Crippen molar-refractivity contribution in [1.29, 1.82) is 0 Å². The van der Waals surface area contributed by atoms with Crippen LogP contribution < -0.4 is 9.80 Å². The Kier molecular flexibility index (Phi) is 4.94. The maximum Gasteiger partial charge on any atom is 0.350 e. The second-order valence-electron chi connectivity index (χ2n) is 5.57. The minimum absolute atomic E-state index is 0.283. The fraction of sp³-hybridized carbons (Fsp3) is 0.500. The third-order valence-electron chi connectivity index (χ3n) is 3.88. The molecule has 7 nitrogen and oxygen atoms in total. The second kappa shape index (κ2) is 7.12. The van der Waals surface area contributed by atoms with Crippen LogP contribution in [0, 0.1) is 13.8 Å². The monoisotopic (exact) mass is 347 g/mol. The molecule has 0 atom stereocenters. The van der Waals surface area contributed by atoms with E-state index >= 15 is 0 Å². The van der Waals surface area contributed by atoms with E-state index in [0.717, 1.165) is 48.6 Å². The molecule has 0 aromatic carbocycles. The number of carbonyl (C=O) groups excluding carboxylic acids is 1. The highest BCUT2D eigenvalue weighted by Gasteiger charge is 2.23. The summed E-state index contributed by atoms with van der Waals surface area (Å²) in [7, 11) is 0. The van der Waals surface area contributed by atoms with E-state index in [2.05, 4.69) is 24.8 Å². The summed E-state index contributed by atoms with van der Waals surface area (Å²) >= 11 is 1.41. The summed E-state index contributed by atoms with van der Waals surface area (Å²) in [5.41, 5.74) is 0.738. The van der Waals surface area contributed by atoms with Crippen molar-refractivity contribution >= 4 is 28.3 Å². The van der Waals surface area contributed by atoms with Crippen molar-refractivity contribution in [3.63, 3.8) is 0 Å². The Morgan fingerprint density at radius 3 is 2.58 bits per heavy atom. The van der Waals surface area contributed by atoms with E-state index in [-0.39, 0.29) is 5.97 Å². The number of hydrogen-bond donors (Lipinski definition) is 0. The van der Waals surface area contributed by atoms with Crippen LogP contribution in [0.25, 0.3) is 0 Å². The van der Waals surface area contributed by atoms with Gasteiger partial charge in [-0.25, -0.2) is 19.7 Å². The molecule has 1 aliphatic heterocycles. The first-order valence-corrected chi connectivity index (χ1v) is 8.84. The summed E-state index contributed by atoms with van der Waals surface area (Å²) in [4.78, 5) is 30.2. The normalized spacial score (nSPS) is 14.8. The minimum Gasteiger partial charge on any atom is -0.462 e. The van der Waals surface area contributed by atoms with Crippen LogP contribution in [0.5, 0.6) is 0 Å². The quantitative estimate of drug-likeness (QED) is 0.784. The molecule has 0 radical (unpaired) electrons. The zero-order valence-electron chi connectivity index (χ0n) is 14.2. The fourth-order valence-electron chi connectivity index (χ4n) is 2.65. The van der Waals surface area contributed by atoms with Gasteiger partial charge in [-0.2, -0.15) is 0 Å². The molecule has 0 unspecified atom stereocenters. The number of thiazole rings is 1. The maximum atomic E-state index is 11.9. The summed E-state index contributed by atoms with van der Waals surface area (Å²) < 4.78 is 5.09. The van der Waals surface area contributed by atoms with Gasteiger partial charge in [0.1, 0.15) is 16.5 Å². The molecule has 0 bridgehead atoms. The third kappa shape index (κ3) is 3.48. The zero-order chi connectivity index (χ0) is 17.1. The SMILES string of the molecule is CCOC(=O)c1sc(N2CCN(c3ccnc(C)n3)CC2)nc1C. The molecule has 3 rings (SSSR count). The topological polar surface area (TPSA) is 71.5 Å². The number of rotatable bonds is 4. The largest absolute Gasteiger partial charge is 0.462 e. The first-order valence-electron chi connectivity index (χ1n) is 8.02. The van der Waals surface area contributed by atoms with Gasteiger partial charge < -0.3 is 14.5 Å². The molecule has 3 heterocycles. The Morgan fingerprint density at radius 2 is 1.92 bits per heavy atom. The lowest BCUT2D eigenvalue weighted by atomic mass is 10.3. The number of anilines is 2. The van der Waals surface area contributed by atoms with Crippen LogP contribution in [-0.4, -0.2) is 53.7 Å². The first-order chi connectivity index (χ1) is 11.6. The molecule has 0 aliphatic carbocycles. The molecule has 2 aromatic heterocycles. The van der Waals surface area contributed by atoms with Gasteiger partial charge in [-0.3, -0.25) is 0 Å². The highest BCUT2D eigenvalue weighted by Crippen LogP contribution is 2.28. The molecule has 0 N–H and O–H groups in total. The number of aryl methyl sites for hydroxylation is 2. The van der Waals surface area contributed by atoms with Crippen LogP contribution in [0.15, 0.2) is 12.3 Å². The van der Waals surface area contributed by atoms with Gasteiger partial charge in [-0.1, -0.05) is 11.3 Å². The molecule has 1 fully saturated rings. The van der Waals surface area contributed by atoms with E-state index in [1.807, 2.05) is 26.8 Å². The summed E-state index contributed by atoms with van der Waals surface area (Å²) in [6, 6.07) is 1.94. The van der Waals surface area contributed by atoms with Gasteiger partial charge in [0.05, 0.1) is 12.3 Å². The Morgan fingerprint density at radius 1 is 1.21 bits per heavy atom. The summed E-state index contributed by atoms with van der Waals surface area (Å²) in [5.74, 6) is 1.46. The van der Waals surface area contributed by atoms with Crippen LogP contribution in [0.3, 0.4) is 0 Å². The van der Waals surface area contributed by atoms with Crippen molar-refractivity contribution in [2.24, 2.45) is 0 Å².